The molecule has 5 nitrogen and oxygen atoms in total. The lowest BCUT2D eigenvalue weighted by Crippen LogP contribution is -2.28. The van der Waals surface area contributed by atoms with Crippen molar-refractivity contribution in [3.05, 3.63) is 65.5 Å². The number of carbonyl (C=O) groups is 1. The van der Waals surface area contributed by atoms with Crippen LogP contribution in [0.1, 0.15) is 56.8 Å². The highest BCUT2D eigenvalue weighted by atomic mass is 32.2. The molecule has 168 valence electrons. The summed E-state index contributed by atoms with van der Waals surface area (Å²) in [5, 5.41) is 12.2. The molecule has 2 aromatic carbocycles. The predicted octanol–water partition coefficient (Wildman–Crippen LogP) is 5.59. The third-order valence-electron chi connectivity index (χ3n) is 5.52. The molecule has 1 saturated carbocycles. The molecule has 1 N–H and O–H groups in total. The van der Waals surface area contributed by atoms with Crippen LogP contribution in [-0.4, -0.2) is 26.4 Å². The summed E-state index contributed by atoms with van der Waals surface area (Å²) in [5.41, 5.74) is 2.83. The van der Waals surface area contributed by atoms with Crippen molar-refractivity contribution in [2.45, 2.75) is 57.3 Å². The number of thioether (sulfide) groups is 1. The topological polar surface area (TPSA) is 59.8 Å². The summed E-state index contributed by atoms with van der Waals surface area (Å²) >= 11 is 1.35. The maximum atomic E-state index is 14.3. The molecule has 1 aliphatic rings. The van der Waals surface area contributed by atoms with Crippen LogP contribution in [0.4, 0.5) is 4.39 Å². The molecule has 1 atom stereocenters. The molecule has 0 radical (unpaired) electrons. The Morgan fingerprint density at radius 2 is 1.84 bits per heavy atom. The van der Waals surface area contributed by atoms with Crippen molar-refractivity contribution in [1.29, 1.82) is 0 Å². The largest absolute Gasteiger partial charge is 0.349 e. The van der Waals surface area contributed by atoms with E-state index in [1.54, 1.807) is 18.2 Å². The van der Waals surface area contributed by atoms with E-state index < -0.39 is 0 Å². The fourth-order valence-corrected chi connectivity index (χ4v) is 4.59. The van der Waals surface area contributed by atoms with Gasteiger partial charge in [-0.2, -0.15) is 0 Å². The number of rotatable bonds is 9. The van der Waals surface area contributed by atoms with E-state index in [1.807, 2.05) is 11.5 Å². The monoisotopic (exact) mass is 452 g/mol. The second-order valence-corrected chi connectivity index (χ2v) is 9.75. The summed E-state index contributed by atoms with van der Waals surface area (Å²) < 4.78 is 16.3. The first kappa shape index (κ1) is 22.5. The van der Waals surface area contributed by atoms with Crippen LogP contribution in [0, 0.1) is 11.7 Å². The van der Waals surface area contributed by atoms with E-state index in [-0.39, 0.29) is 29.6 Å². The van der Waals surface area contributed by atoms with Gasteiger partial charge in [-0.05, 0) is 55.4 Å². The van der Waals surface area contributed by atoms with Gasteiger partial charge in [-0.25, -0.2) is 4.39 Å². The molecular formula is C25H29FN4OS. The number of aromatic nitrogens is 3. The normalized spacial score (nSPS) is 14.5. The highest BCUT2D eigenvalue weighted by molar-refractivity contribution is 7.99. The first-order chi connectivity index (χ1) is 15.4. The second kappa shape index (κ2) is 9.86. The molecule has 1 heterocycles. The average molecular weight is 453 g/mol. The third-order valence-corrected chi connectivity index (χ3v) is 6.47. The SMILES string of the molecule is CC(C)Cc1ccc(C(C)NC(=O)CSc2nnc(-c3ccccc3F)n2C2CC2)cc1. The van der Waals surface area contributed by atoms with Crippen LogP contribution in [-0.2, 0) is 11.2 Å². The Balaban J connectivity index is 1.38. The van der Waals surface area contributed by atoms with Crippen LogP contribution in [0.3, 0.4) is 0 Å². The predicted molar refractivity (Wildman–Crippen MR) is 126 cm³/mol. The summed E-state index contributed by atoms with van der Waals surface area (Å²) in [5.74, 6) is 1.00. The van der Waals surface area contributed by atoms with Crippen molar-refractivity contribution in [1.82, 2.24) is 20.1 Å². The molecule has 1 aromatic heterocycles. The Kier molecular flexibility index (Phi) is 6.94. The van der Waals surface area contributed by atoms with Crippen LogP contribution in [0.15, 0.2) is 53.7 Å². The molecule has 0 spiro atoms. The van der Waals surface area contributed by atoms with Crippen molar-refractivity contribution in [2.24, 2.45) is 5.92 Å². The molecule has 32 heavy (non-hydrogen) atoms. The minimum absolute atomic E-state index is 0.0634. The van der Waals surface area contributed by atoms with E-state index in [0.717, 1.165) is 24.8 Å². The number of amides is 1. The first-order valence-electron chi connectivity index (χ1n) is 11.1. The molecule has 1 aliphatic carbocycles. The van der Waals surface area contributed by atoms with Crippen LogP contribution >= 0.6 is 11.8 Å². The lowest BCUT2D eigenvalue weighted by atomic mass is 10.00. The molecule has 1 amide bonds. The van der Waals surface area contributed by atoms with Gasteiger partial charge in [-0.3, -0.25) is 9.36 Å². The molecule has 4 rings (SSSR count). The van der Waals surface area contributed by atoms with Gasteiger partial charge in [0.2, 0.25) is 5.91 Å². The highest BCUT2D eigenvalue weighted by Crippen LogP contribution is 2.41. The molecule has 3 aromatic rings. The summed E-state index contributed by atoms with van der Waals surface area (Å²) in [6, 6.07) is 15.2. The van der Waals surface area contributed by atoms with Crippen LogP contribution in [0.2, 0.25) is 0 Å². The number of halogens is 1. The van der Waals surface area contributed by atoms with Gasteiger partial charge < -0.3 is 5.32 Å². The summed E-state index contributed by atoms with van der Waals surface area (Å²) in [6.07, 6.45) is 3.08. The van der Waals surface area contributed by atoms with Crippen molar-refractivity contribution in [3.8, 4) is 11.4 Å². The van der Waals surface area contributed by atoms with Gasteiger partial charge in [0.25, 0.3) is 0 Å². The van der Waals surface area contributed by atoms with Gasteiger partial charge in [0.1, 0.15) is 5.82 Å². The zero-order valence-electron chi connectivity index (χ0n) is 18.7. The summed E-state index contributed by atoms with van der Waals surface area (Å²) in [6.45, 7) is 6.40. The molecular weight excluding hydrogens is 423 g/mol. The number of hydrogen-bond acceptors (Lipinski definition) is 4. The lowest BCUT2D eigenvalue weighted by molar-refractivity contribution is -0.119. The second-order valence-electron chi connectivity index (χ2n) is 8.80. The standard InChI is InChI=1S/C25H29FN4OS/c1-16(2)14-18-8-10-19(11-9-18)17(3)27-23(31)15-32-25-29-28-24(30(25)20-12-13-20)21-6-4-5-7-22(21)26/h4-11,16-17,20H,12-15H2,1-3H3,(H,27,31). The minimum atomic E-state index is -0.315. The Morgan fingerprint density at radius 1 is 1.12 bits per heavy atom. The van der Waals surface area contributed by atoms with Crippen LogP contribution in [0.5, 0.6) is 0 Å². The minimum Gasteiger partial charge on any atom is -0.349 e. The van der Waals surface area contributed by atoms with Crippen LogP contribution < -0.4 is 5.32 Å². The number of benzene rings is 2. The fourth-order valence-electron chi connectivity index (χ4n) is 3.77. The van der Waals surface area contributed by atoms with Crippen molar-refractivity contribution in [3.63, 3.8) is 0 Å². The van der Waals surface area contributed by atoms with E-state index in [9.17, 15) is 9.18 Å². The Morgan fingerprint density at radius 3 is 2.50 bits per heavy atom. The summed E-state index contributed by atoms with van der Waals surface area (Å²) in [4.78, 5) is 12.6. The Labute approximate surface area is 192 Å². The van der Waals surface area contributed by atoms with Gasteiger partial charge in [-0.15, -0.1) is 10.2 Å². The Bertz CT molecular complexity index is 1080. The van der Waals surface area contributed by atoms with E-state index in [2.05, 4.69) is 53.6 Å². The van der Waals surface area contributed by atoms with E-state index in [0.29, 0.717) is 22.5 Å². The summed E-state index contributed by atoms with van der Waals surface area (Å²) in [7, 11) is 0. The van der Waals surface area contributed by atoms with Crippen molar-refractivity contribution >= 4 is 17.7 Å². The third kappa shape index (κ3) is 5.38. The molecule has 1 unspecified atom stereocenters. The number of hydrogen-bond donors (Lipinski definition) is 1. The molecule has 0 aliphatic heterocycles. The maximum Gasteiger partial charge on any atom is 0.230 e. The van der Waals surface area contributed by atoms with Gasteiger partial charge >= 0.3 is 0 Å². The first-order valence-corrected chi connectivity index (χ1v) is 12.1. The maximum absolute atomic E-state index is 14.3. The number of nitrogens with one attached hydrogen (secondary N) is 1. The van der Waals surface area contributed by atoms with Gasteiger partial charge in [0.15, 0.2) is 11.0 Å². The molecule has 1 fully saturated rings. The fraction of sp³-hybridized carbons (Fsp3) is 0.400. The average Bonchev–Trinajstić information content (AvgIpc) is 3.52. The van der Waals surface area contributed by atoms with E-state index >= 15 is 0 Å². The quantitative estimate of drug-likeness (QED) is 0.430. The Hall–Kier alpha value is -2.67. The highest BCUT2D eigenvalue weighted by Gasteiger charge is 2.31. The molecule has 7 heteroatoms. The lowest BCUT2D eigenvalue weighted by Gasteiger charge is -2.15. The van der Waals surface area contributed by atoms with Gasteiger partial charge in [0.05, 0.1) is 17.4 Å². The van der Waals surface area contributed by atoms with E-state index in [4.69, 9.17) is 0 Å². The smallest absolute Gasteiger partial charge is 0.230 e. The van der Waals surface area contributed by atoms with Gasteiger partial charge in [0, 0.05) is 6.04 Å². The number of nitrogens with zero attached hydrogens (tertiary/aromatic N) is 3. The number of carbonyl (C=O) groups excluding carboxylic acids is 1. The molecule has 0 saturated heterocycles. The van der Waals surface area contributed by atoms with Crippen molar-refractivity contribution < 1.29 is 9.18 Å². The zero-order valence-corrected chi connectivity index (χ0v) is 19.5. The van der Waals surface area contributed by atoms with Crippen LogP contribution in [0.25, 0.3) is 11.4 Å². The molecule has 0 bridgehead atoms. The van der Waals surface area contributed by atoms with Gasteiger partial charge in [-0.1, -0.05) is 62.0 Å². The zero-order chi connectivity index (χ0) is 22.7. The van der Waals surface area contributed by atoms with E-state index in [1.165, 1.54) is 23.4 Å². The van der Waals surface area contributed by atoms with Crippen molar-refractivity contribution in [2.75, 3.05) is 5.75 Å².